The third kappa shape index (κ3) is 2.81. The first-order valence-corrected chi connectivity index (χ1v) is 10.3. The second-order valence-electron chi connectivity index (χ2n) is 8.33. The Morgan fingerprint density at radius 2 is 2.03 bits per heavy atom. The van der Waals surface area contributed by atoms with E-state index in [1.807, 2.05) is 0 Å². The molecule has 31 heavy (non-hydrogen) atoms. The highest BCUT2D eigenvalue weighted by Crippen LogP contribution is 2.47. The zero-order valence-corrected chi connectivity index (χ0v) is 16.9. The zero-order valence-electron chi connectivity index (χ0n) is 16.9. The quantitative estimate of drug-likeness (QED) is 0.672. The molecule has 0 spiro atoms. The van der Waals surface area contributed by atoms with Gasteiger partial charge >= 0.3 is 5.97 Å². The van der Waals surface area contributed by atoms with Crippen molar-refractivity contribution >= 4 is 28.5 Å². The van der Waals surface area contributed by atoms with Crippen LogP contribution in [0.5, 0.6) is 11.5 Å². The fraction of sp³-hybridized carbons (Fsp3) is 0.476. The summed E-state index contributed by atoms with van der Waals surface area (Å²) in [6.45, 7) is 1.04. The number of aromatic hydroxyl groups is 1. The molecule has 1 saturated carbocycles. The van der Waals surface area contributed by atoms with Gasteiger partial charge in [0, 0.05) is 24.0 Å². The third-order valence-electron chi connectivity index (χ3n) is 6.49. The van der Waals surface area contributed by atoms with Gasteiger partial charge in [-0.1, -0.05) is 0 Å². The van der Waals surface area contributed by atoms with E-state index in [0.717, 1.165) is 19.0 Å². The van der Waals surface area contributed by atoms with Crippen LogP contribution >= 0.6 is 0 Å². The lowest BCUT2D eigenvalue weighted by Gasteiger charge is -2.24. The van der Waals surface area contributed by atoms with E-state index in [2.05, 4.69) is 5.32 Å². The number of nitrogens with zero attached hydrogens (tertiary/aromatic N) is 2. The van der Waals surface area contributed by atoms with Crippen LogP contribution < -0.4 is 20.5 Å². The number of carboxylic acid groups (broad SMARTS) is 1. The fourth-order valence-corrected chi connectivity index (χ4v) is 4.93. The van der Waals surface area contributed by atoms with Gasteiger partial charge in [0.15, 0.2) is 17.1 Å². The van der Waals surface area contributed by atoms with Crippen LogP contribution in [-0.4, -0.2) is 52.9 Å². The number of nitrogens with one attached hydrogen (secondary N) is 1. The zero-order chi connectivity index (χ0) is 22.0. The Kier molecular flexibility index (Phi) is 4.44. The lowest BCUT2D eigenvalue weighted by Crippen LogP contribution is -2.41. The molecule has 9 nitrogen and oxygen atoms in total. The van der Waals surface area contributed by atoms with Gasteiger partial charge in [0.05, 0.1) is 13.0 Å². The average molecular weight is 431 g/mol. The number of aromatic nitrogens is 1. The molecule has 164 valence electrons. The number of hydrogen-bond donors (Lipinski definition) is 3. The van der Waals surface area contributed by atoms with E-state index in [1.165, 1.54) is 16.6 Å². The lowest BCUT2D eigenvalue weighted by molar-refractivity contribution is -0.121. The highest BCUT2D eigenvalue weighted by Gasteiger charge is 2.44. The Morgan fingerprint density at radius 1 is 1.29 bits per heavy atom. The van der Waals surface area contributed by atoms with E-state index in [4.69, 9.17) is 4.74 Å². The molecule has 2 aromatic rings. The van der Waals surface area contributed by atoms with E-state index >= 15 is 4.39 Å². The number of benzene rings is 1. The van der Waals surface area contributed by atoms with Crippen LogP contribution in [0, 0.1) is 11.7 Å². The number of hydrogen-bond acceptors (Lipinski definition) is 6. The van der Waals surface area contributed by atoms with E-state index in [0.29, 0.717) is 19.3 Å². The predicted molar refractivity (Wildman–Crippen MR) is 108 cm³/mol. The topological polar surface area (TPSA) is 121 Å². The number of halogens is 1. The molecule has 3 aliphatic rings. The summed E-state index contributed by atoms with van der Waals surface area (Å²) in [4.78, 5) is 39.0. The number of rotatable bonds is 4. The first-order valence-electron chi connectivity index (χ1n) is 10.3. The molecule has 0 unspecified atom stereocenters. The lowest BCUT2D eigenvalue weighted by atomic mass is 9.94. The van der Waals surface area contributed by atoms with Gasteiger partial charge in [0.25, 0.3) is 5.56 Å². The van der Waals surface area contributed by atoms with E-state index < -0.39 is 28.7 Å². The number of aromatic carboxylic acids is 1. The van der Waals surface area contributed by atoms with Crippen LogP contribution in [-0.2, 0) is 4.79 Å². The summed E-state index contributed by atoms with van der Waals surface area (Å²) in [5.74, 6) is -3.77. The van der Waals surface area contributed by atoms with Crippen LogP contribution in [0.4, 0.5) is 10.1 Å². The molecule has 2 aliphatic heterocycles. The summed E-state index contributed by atoms with van der Waals surface area (Å²) < 4.78 is 22.2. The molecule has 2 saturated heterocycles. The molecule has 3 heterocycles. The summed E-state index contributed by atoms with van der Waals surface area (Å²) in [6.07, 6.45) is 2.85. The van der Waals surface area contributed by atoms with Gasteiger partial charge in [0.1, 0.15) is 17.0 Å². The number of pyridine rings is 1. The molecular weight excluding hydrogens is 409 g/mol. The highest BCUT2D eigenvalue weighted by atomic mass is 19.1. The van der Waals surface area contributed by atoms with Crippen molar-refractivity contribution in [3.8, 4) is 11.5 Å². The predicted octanol–water partition coefficient (Wildman–Crippen LogP) is 1.60. The average Bonchev–Trinajstić information content (AvgIpc) is 3.51. The number of methoxy groups -OCH3 is 1. The first kappa shape index (κ1) is 19.8. The minimum absolute atomic E-state index is 0.0572. The number of anilines is 1. The van der Waals surface area contributed by atoms with Crippen LogP contribution in [0.1, 0.15) is 42.1 Å². The van der Waals surface area contributed by atoms with Gasteiger partial charge in [-0.2, -0.15) is 0 Å². The minimum Gasteiger partial charge on any atom is -0.506 e. The summed E-state index contributed by atoms with van der Waals surface area (Å²) in [5, 5.41) is 23.2. The molecule has 10 heteroatoms. The molecule has 0 bridgehead atoms. The van der Waals surface area contributed by atoms with Crippen molar-refractivity contribution < 1.29 is 28.9 Å². The van der Waals surface area contributed by atoms with Crippen molar-refractivity contribution in [1.29, 1.82) is 0 Å². The number of carboxylic acids is 1. The summed E-state index contributed by atoms with van der Waals surface area (Å²) in [7, 11) is 1.30. The standard InChI is InChI=1S/C21H22FN3O6/c1-31-18-15-11(17(26)14(21(29)30)20(28)25(15)9-4-5-9)7-12(22)16(18)24-8-13-10(19(24)27)3-2-6-23-13/h7,9-10,13,23,26H,2-6,8H2,1H3,(H,29,30)/t10-,13-/m1/s1. The molecule has 5 rings (SSSR count). The number of ether oxygens (including phenoxy) is 1. The minimum atomic E-state index is -1.59. The Balaban J connectivity index is 1.80. The molecule has 3 N–H and O–H groups in total. The Morgan fingerprint density at radius 3 is 2.65 bits per heavy atom. The number of carbonyl (C=O) groups excluding carboxylic acids is 1. The molecule has 0 radical (unpaired) electrons. The van der Waals surface area contributed by atoms with Crippen LogP contribution in [0.25, 0.3) is 10.9 Å². The van der Waals surface area contributed by atoms with Gasteiger partial charge < -0.3 is 29.7 Å². The van der Waals surface area contributed by atoms with Gasteiger partial charge in [-0.15, -0.1) is 0 Å². The van der Waals surface area contributed by atoms with Crippen molar-refractivity contribution in [2.24, 2.45) is 5.92 Å². The van der Waals surface area contributed by atoms with Crippen LogP contribution in [0.2, 0.25) is 0 Å². The Labute approximate surface area is 176 Å². The number of carbonyl (C=O) groups is 2. The number of piperidine rings is 1. The van der Waals surface area contributed by atoms with Gasteiger partial charge in [-0.05, 0) is 38.3 Å². The van der Waals surface area contributed by atoms with Crippen LogP contribution in [0.15, 0.2) is 10.9 Å². The monoisotopic (exact) mass is 431 g/mol. The molecule has 3 fully saturated rings. The SMILES string of the molecule is COc1c(N2C[C@H]3NCCC[C@H]3C2=O)c(F)cc2c(O)c(C(=O)O)c(=O)n(C3CC3)c12. The molecule has 1 amide bonds. The third-order valence-corrected chi connectivity index (χ3v) is 6.49. The number of amides is 1. The largest absolute Gasteiger partial charge is 0.506 e. The van der Waals surface area contributed by atoms with Gasteiger partial charge in [0.2, 0.25) is 5.91 Å². The van der Waals surface area contributed by atoms with Gasteiger partial charge in [-0.25, -0.2) is 9.18 Å². The Bertz CT molecular complexity index is 1190. The van der Waals surface area contributed by atoms with Crippen LogP contribution in [0.3, 0.4) is 0 Å². The Hall–Kier alpha value is -3.14. The smallest absolute Gasteiger partial charge is 0.345 e. The number of fused-ring (bicyclic) bond motifs is 2. The highest BCUT2D eigenvalue weighted by molar-refractivity contribution is 6.06. The molecule has 1 aromatic heterocycles. The van der Waals surface area contributed by atoms with Crippen molar-refractivity contribution in [3.05, 3.63) is 27.8 Å². The maximum atomic E-state index is 15.4. The molecule has 1 aromatic carbocycles. The van der Waals surface area contributed by atoms with Gasteiger partial charge in [-0.3, -0.25) is 9.59 Å². The van der Waals surface area contributed by atoms with Crippen molar-refractivity contribution in [2.75, 3.05) is 25.1 Å². The second-order valence-corrected chi connectivity index (χ2v) is 8.33. The van der Waals surface area contributed by atoms with E-state index in [1.54, 1.807) is 0 Å². The van der Waals surface area contributed by atoms with E-state index in [9.17, 15) is 24.6 Å². The van der Waals surface area contributed by atoms with Crippen molar-refractivity contribution in [3.63, 3.8) is 0 Å². The summed E-state index contributed by atoms with van der Waals surface area (Å²) in [5.41, 5.74) is -1.67. The van der Waals surface area contributed by atoms with Crippen molar-refractivity contribution in [2.45, 2.75) is 37.8 Å². The maximum Gasteiger partial charge on any atom is 0.345 e. The molecule has 1 aliphatic carbocycles. The molecule has 2 atom stereocenters. The normalized spacial score (nSPS) is 23.3. The fourth-order valence-electron chi connectivity index (χ4n) is 4.93. The van der Waals surface area contributed by atoms with Crippen molar-refractivity contribution in [1.82, 2.24) is 9.88 Å². The maximum absolute atomic E-state index is 15.4. The molecular formula is C21H22FN3O6. The summed E-state index contributed by atoms with van der Waals surface area (Å²) >= 11 is 0. The first-order chi connectivity index (χ1) is 14.8. The summed E-state index contributed by atoms with van der Waals surface area (Å²) in [6, 6.07) is 0.601. The second kappa shape index (κ2) is 6.94. The van der Waals surface area contributed by atoms with E-state index in [-0.39, 0.29) is 52.8 Å².